The van der Waals surface area contributed by atoms with Gasteiger partial charge in [-0.2, -0.15) is 0 Å². The number of hydrogen-bond donors (Lipinski definition) is 1. The standard InChI is InChI=1S/C13H18BrNO2/c1-4-13(5-2,12(16)17-3)15-11-8-6-10(14)7-9-11/h6-9,15H,4-5H2,1-3H3. The van der Waals surface area contributed by atoms with Gasteiger partial charge in [-0.25, -0.2) is 4.79 Å². The molecule has 3 nitrogen and oxygen atoms in total. The number of nitrogens with one attached hydrogen (secondary N) is 1. The minimum absolute atomic E-state index is 0.217. The van der Waals surface area contributed by atoms with Gasteiger partial charge < -0.3 is 10.1 Å². The molecule has 0 saturated heterocycles. The normalized spacial score (nSPS) is 11.1. The van der Waals surface area contributed by atoms with Crippen LogP contribution in [-0.4, -0.2) is 18.6 Å². The van der Waals surface area contributed by atoms with Crippen molar-refractivity contribution in [3.8, 4) is 0 Å². The SMILES string of the molecule is CCC(CC)(Nc1ccc(Br)cc1)C(=O)OC. The summed E-state index contributed by atoms with van der Waals surface area (Å²) in [5, 5.41) is 3.27. The van der Waals surface area contributed by atoms with E-state index in [1.807, 2.05) is 38.1 Å². The van der Waals surface area contributed by atoms with Crippen molar-refractivity contribution in [3.63, 3.8) is 0 Å². The summed E-state index contributed by atoms with van der Waals surface area (Å²) in [5.41, 5.74) is 0.282. The number of esters is 1. The molecule has 1 aromatic carbocycles. The Labute approximate surface area is 111 Å². The molecule has 17 heavy (non-hydrogen) atoms. The molecule has 0 bridgehead atoms. The lowest BCUT2D eigenvalue weighted by atomic mass is 9.92. The van der Waals surface area contributed by atoms with E-state index in [1.54, 1.807) is 0 Å². The molecule has 1 rings (SSSR count). The van der Waals surface area contributed by atoms with E-state index in [2.05, 4.69) is 21.2 Å². The number of rotatable bonds is 5. The van der Waals surface area contributed by atoms with Crippen molar-refractivity contribution < 1.29 is 9.53 Å². The molecule has 0 fully saturated rings. The van der Waals surface area contributed by atoms with Crippen LogP contribution in [0.5, 0.6) is 0 Å². The van der Waals surface area contributed by atoms with E-state index < -0.39 is 5.54 Å². The lowest BCUT2D eigenvalue weighted by Gasteiger charge is -2.30. The fraction of sp³-hybridized carbons (Fsp3) is 0.462. The summed E-state index contributed by atoms with van der Waals surface area (Å²) in [6.45, 7) is 3.96. The van der Waals surface area contributed by atoms with E-state index in [0.29, 0.717) is 12.8 Å². The fourth-order valence-corrected chi connectivity index (χ4v) is 2.04. The maximum atomic E-state index is 11.9. The Morgan fingerprint density at radius 2 is 1.82 bits per heavy atom. The molecule has 0 saturated carbocycles. The smallest absolute Gasteiger partial charge is 0.331 e. The van der Waals surface area contributed by atoms with Crippen LogP contribution in [-0.2, 0) is 9.53 Å². The number of hydrogen-bond acceptors (Lipinski definition) is 3. The van der Waals surface area contributed by atoms with Gasteiger partial charge in [0.05, 0.1) is 7.11 Å². The maximum absolute atomic E-state index is 11.9. The second-order valence-corrected chi connectivity index (χ2v) is 4.83. The zero-order chi connectivity index (χ0) is 12.9. The van der Waals surface area contributed by atoms with Crippen molar-refractivity contribution in [2.75, 3.05) is 12.4 Å². The van der Waals surface area contributed by atoms with Crippen molar-refractivity contribution in [3.05, 3.63) is 28.7 Å². The molecule has 0 aliphatic rings. The van der Waals surface area contributed by atoms with Gasteiger partial charge >= 0.3 is 5.97 Å². The maximum Gasteiger partial charge on any atom is 0.331 e. The van der Waals surface area contributed by atoms with Crippen LogP contribution < -0.4 is 5.32 Å². The molecule has 0 aliphatic heterocycles. The van der Waals surface area contributed by atoms with Gasteiger partial charge in [0.2, 0.25) is 0 Å². The Bertz CT molecular complexity index is 372. The van der Waals surface area contributed by atoms with Crippen LogP contribution in [0, 0.1) is 0 Å². The van der Waals surface area contributed by atoms with Crippen molar-refractivity contribution in [2.24, 2.45) is 0 Å². The van der Waals surface area contributed by atoms with E-state index in [-0.39, 0.29) is 5.97 Å². The summed E-state index contributed by atoms with van der Waals surface area (Å²) in [6.07, 6.45) is 1.37. The summed E-state index contributed by atoms with van der Waals surface area (Å²) in [7, 11) is 1.42. The largest absolute Gasteiger partial charge is 0.467 e. The predicted molar refractivity (Wildman–Crippen MR) is 73.1 cm³/mol. The minimum Gasteiger partial charge on any atom is -0.467 e. The highest BCUT2D eigenvalue weighted by Gasteiger charge is 2.35. The van der Waals surface area contributed by atoms with Crippen molar-refractivity contribution in [1.29, 1.82) is 0 Å². The molecule has 0 radical (unpaired) electrons. The Kier molecular flexibility index (Phi) is 5.00. The number of halogens is 1. The highest BCUT2D eigenvalue weighted by atomic mass is 79.9. The first-order valence-corrected chi connectivity index (χ1v) is 6.49. The molecule has 0 unspecified atom stereocenters. The Morgan fingerprint density at radius 3 is 2.24 bits per heavy atom. The molecule has 0 aliphatic carbocycles. The molecule has 1 aromatic rings. The first kappa shape index (κ1) is 14.0. The molecule has 0 amide bonds. The van der Waals surface area contributed by atoms with Gasteiger partial charge in [-0.1, -0.05) is 29.8 Å². The second kappa shape index (κ2) is 6.05. The average Bonchev–Trinajstić information content (AvgIpc) is 2.37. The van der Waals surface area contributed by atoms with E-state index in [4.69, 9.17) is 4.74 Å². The molecule has 0 aromatic heterocycles. The highest BCUT2D eigenvalue weighted by molar-refractivity contribution is 9.10. The molecular weight excluding hydrogens is 282 g/mol. The Balaban J connectivity index is 2.93. The third kappa shape index (κ3) is 3.22. The summed E-state index contributed by atoms with van der Waals surface area (Å²) < 4.78 is 5.90. The van der Waals surface area contributed by atoms with Gasteiger partial charge in [-0.05, 0) is 37.1 Å². The zero-order valence-electron chi connectivity index (χ0n) is 10.4. The predicted octanol–water partition coefficient (Wildman–Crippen LogP) is 3.59. The monoisotopic (exact) mass is 299 g/mol. The van der Waals surface area contributed by atoms with E-state index in [0.717, 1.165) is 10.2 Å². The van der Waals surface area contributed by atoms with Crippen molar-refractivity contribution in [2.45, 2.75) is 32.2 Å². The van der Waals surface area contributed by atoms with Gasteiger partial charge in [-0.3, -0.25) is 0 Å². The molecule has 94 valence electrons. The number of anilines is 1. The van der Waals surface area contributed by atoms with Gasteiger partial charge in [0.15, 0.2) is 0 Å². The first-order chi connectivity index (χ1) is 8.07. The molecule has 1 N–H and O–H groups in total. The molecule has 0 atom stereocenters. The van der Waals surface area contributed by atoms with Gasteiger partial charge in [0.25, 0.3) is 0 Å². The summed E-state index contributed by atoms with van der Waals surface area (Å²) in [5.74, 6) is -0.217. The van der Waals surface area contributed by atoms with Crippen molar-refractivity contribution in [1.82, 2.24) is 0 Å². The number of carbonyl (C=O) groups excluding carboxylic acids is 1. The third-order valence-corrected chi connectivity index (χ3v) is 3.54. The number of methoxy groups -OCH3 is 1. The number of benzene rings is 1. The summed E-state index contributed by atoms with van der Waals surface area (Å²) in [6, 6.07) is 7.76. The highest BCUT2D eigenvalue weighted by Crippen LogP contribution is 2.24. The van der Waals surface area contributed by atoms with Crippen molar-refractivity contribution >= 4 is 27.6 Å². The quantitative estimate of drug-likeness (QED) is 0.845. The fourth-order valence-electron chi connectivity index (χ4n) is 1.77. The molecule has 0 heterocycles. The van der Waals surface area contributed by atoms with Gasteiger partial charge in [0, 0.05) is 10.2 Å². The van der Waals surface area contributed by atoms with Crippen LogP contribution in [0.2, 0.25) is 0 Å². The molecule has 0 spiro atoms. The van der Waals surface area contributed by atoms with Crippen LogP contribution >= 0.6 is 15.9 Å². The van der Waals surface area contributed by atoms with E-state index >= 15 is 0 Å². The topological polar surface area (TPSA) is 38.3 Å². The van der Waals surface area contributed by atoms with E-state index in [1.165, 1.54) is 7.11 Å². The molecule has 4 heteroatoms. The Hall–Kier alpha value is -1.03. The number of carbonyl (C=O) groups is 1. The van der Waals surface area contributed by atoms with Crippen LogP contribution in [0.15, 0.2) is 28.7 Å². The number of ether oxygens (including phenoxy) is 1. The average molecular weight is 300 g/mol. The van der Waals surface area contributed by atoms with Crippen LogP contribution in [0.25, 0.3) is 0 Å². The van der Waals surface area contributed by atoms with Crippen LogP contribution in [0.4, 0.5) is 5.69 Å². The second-order valence-electron chi connectivity index (χ2n) is 3.91. The van der Waals surface area contributed by atoms with Gasteiger partial charge in [-0.15, -0.1) is 0 Å². The lowest BCUT2D eigenvalue weighted by molar-refractivity contribution is -0.146. The van der Waals surface area contributed by atoms with E-state index in [9.17, 15) is 4.79 Å². The van der Waals surface area contributed by atoms with Gasteiger partial charge in [0.1, 0.15) is 5.54 Å². The minimum atomic E-state index is -0.636. The lowest BCUT2D eigenvalue weighted by Crippen LogP contribution is -2.46. The first-order valence-electron chi connectivity index (χ1n) is 5.70. The Morgan fingerprint density at radius 1 is 1.29 bits per heavy atom. The van der Waals surface area contributed by atoms with Crippen LogP contribution in [0.1, 0.15) is 26.7 Å². The summed E-state index contributed by atoms with van der Waals surface area (Å²) >= 11 is 3.38. The zero-order valence-corrected chi connectivity index (χ0v) is 12.0. The van der Waals surface area contributed by atoms with Crippen LogP contribution in [0.3, 0.4) is 0 Å². The third-order valence-electron chi connectivity index (χ3n) is 3.01. The summed E-state index contributed by atoms with van der Waals surface area (Å²) in [4.78, 5) is 11.9. The molecular formula is C13H18BrNO2.